The Hall–Kier alpha value is -1.11. The van der Waals surface area contributed by atoms with Gasteiger partial charge in [-0.15, -0.1) is 0 Å². The zero-order valence-electron chi connectivity index (χ0n) is 7.81. The molecule has 0 nitrogen and oxygen atoms in total. The molecule has 13 heavy (non-hydrogen) atoms. The van der Waals surface area contributed by atoms with Crippen molar-refractivity contribution in [3.05, 3.63) is 41.2 Å². The molecule has 1 aromatic rings. The van der Waals surface area contributed by atoms with Gasteiger partial charge in [0.25, 0.3) is 0 Å². The van der Waals surface area contributed by atoms with Crippen molar-refractivity contribution < 1.29 is 4.39 Å². The third-order valence-corrected chi connectivity index (χ3v) is 2.57. The van der Waals surface area contributed by atoms with Gasteiger partial charge in [-0.05, 0) is 55.0 Å². The highest BCUT2D eigenvalue weighted by atomic mass is 19.1. The molecule has 2 rings (SSSR count). The molecule has 0 saturated heterocycles. The first-order valence-corrected chi connectivity index (χ1v) is 4.73. The highest BCUT2D eigenvalue weighted by molar-refractivity contribution is 5.67. The number of halogens is 1. The van der Waals surface area contributed by atoms with Crippen molar-refractivity contribution in [3.8, 4) is 0 Å². The Kier molecular flexibility index (Phi) is 2.17. The maximum atomic E-state index is 13.0. The van der Waals surface area contributed by atoms with Crippen molar-refractivity contribution in [3.63, 3.8) is 0 Å². The van der Waals surface area contributed by atoms with Crippen LogP contribution in [0.4, 0.5) is 4.39 Å². The van der Waals surface area contributed by atoms with Crippen LogP contribution in [0.2, 0.25) is 0 Å². The number of rotatable bonds is 1. The molecule has 0 saturated carbocycles. The molecule has 0 radical (unpaired) electrons. The Morgan fingerprint density at radius 2 is 2.15 bits per heavy atom. The van der Waals surface area contributed by atoms with Crippen LogP contribution in [0.3, 0.4) is 0 Å². The molecule has 0 aliphatic heterocycles. The fraction of sp³-hybridized carbons (Fsp3) is 0.333. The van der Waals surface area contributed by atoms with E-state index in [2.05, 4.69) is 6.08 Å². The van der Waals surface area contributed by atoms with Crippen LogP contribution in [0.5, 0.6) is 0 Å². The Bertz CT molecular complexity index is 350. The lowest BCUT2D eigenvalue weighted by Crippen LogP contribution is -1.86. The highest BCUT2D eigenvalue weighted by Gasteiger charge is 2.07. The first-order chi connectivity index (χ1) is 6.27. The summed E-state index contributed by atoms with van der Waals surface area (Å²) in [5.41, 5.74) is 3.31. The molecule has 0 spiro atoms. The van der Waals surface area contributed by atoms with Crippen molar-refractivity contribution in [2.24, 2.45) is 0 Å². The Labute approximate surface area is 78.1 Å². The van der Waals surface area contributed by atoms with Gasteiger partial charge in [0.05, 0.1) is 0 Å². The Balaban J connectivity index is 2.36. The summed E-state index contributed by atoms with van der Waals surface area (Å²) >= 11 is 0. The van der Waals surface area contributed by atoms with Crippen molar-refractivity contribution in [1.82, 2.24) is 0 Å². The molecule has 68 valence electrons. The van der Waals surface area contributed by atoms with Crippen molar-refractivity contribution in [2.75, 3.05) is 0 Å². The number of allylic oxidation sites excluding steroid dienone is 2. The van der Waals surface area contributed by atoms with Gasteiger partial charge >= 0.3 is 0 Å². The highest BCUT2D eigenvalue weighted by Crippen LogP contribution is 2.28. The normalized spacial score (nSPS) is 16.0. The van der Waals surface area contributed by atoms with Crippen LogP contribution in [0, 0.1) is 12.7 Å². The Morgan fingerprint density at radius 1 is 1.31 bits per heavy atom. The van der Waals surface area contributed by atoms with E-state index in [9.17, 15) is 4.39 Å². The summed E-state index contributed by atoms with van der Waals surface area (Å²) in [7, 11) is 0. The second kappa shape index (κ2) is 3.33. The third kappa shape index (κ3) is 1.64. The molecule has 1 heteroatoms. The lowest BCUT2D eigenvalue weighted by atomic mass is 10.0. The van der Waals surface area contributed by atoms with E-state index < -0.39 is 0 Å². The zero-order valence-corrected chi connectivity index (χ0v) is 7.81. The largest absolute Gasteiger partial charge is 0.207 e. The van der Waals surface area contributed by atoms with Gasteiger partial charge in [0.1, 0.15) is 5.82 Å². The molecule has 0 fully saturated rings. The molecular weight excluding hydrogens is 163 g/mol. The molecule has 0 heterocycles. The topological polar surface area (TPSA) is 0 Å². The van der Waals surface area contributed by atoms with E-state index in [-0.39, 0.29) is 5.82 Å². The van der Waals surface area contributed by atoms with Crippen LogP contribution in [-0.4, -0.2) is 0 Å². The van der Waals surface area contributed by atoms with E-state index in [0.29, 0.717) is 0 Å². The zero-order chi connectivity index (χ0) is 9.26. The second-order valence-corrected chi connectivity index (χ2v) is 3.59. The number of aryl methyl sites for hydroxylation is 1. The van der Waals surface area contributed by atoms with Crippen molar-refractivity contribution in [1.29, 1.82) is 0 Å². The number of hydrogen-bond donors (Lipinski definition) is 0. The van der Waals surface area contributed by atoms with Gasteiger partial charge in [-0.25, -0.2) is 4.39 Å². The molecule has 0 unspecified atom stereocenters. The molecule has 0 amide bonds. The van der Waals surface area contributed by atoms with E-state index in [0.717, 1.165) is 12.0 Å². The van der Waals surface area contributed by atoms with E-state index in [1.807, 2.05) is 19.1 Å². The maximum absolute atomic E-state index is 13.0. The maximum Gasteiger partial charge on any atom is 0.126 e. The minimum Gasteiger partial charge on any atom is -0.207 e. The van der Waals surface area contributed by atoms with E-state index >= 15 is 0 Å². The molecule has 1 aliphatic carbocycles. The van der Waals surface area contributed by atoms with E-state index in [1.54, 1.807) is 6.07 Å². The summed E-state index contributed by atoms with van der Waals surface area (Å²) in [5.74, 6) is -0.109. The van der Waals surface area contributed by atoms with Crippen LogP contribution < -0.4 is 0 Å². The fourth-order valence-electron chi connectivity index (χ4n) is 1.78. The first-order valence-electron chi connectivity index (χ1n) is 4.73. The van der Waals surface area contributed by atoms with Crippen LogP contribution >= 0.6 is 0 Å². The molecule has 0 atom stereocenters. The average molecular weight is 176 g/mol. The number of hydrogen-bond acceptors (Lipinski definition) is 0. The summed E-state index contributed by atoms with van der Waals surface area (Å²) < 4.78 is 13.0. The molecule has 0 aromatic heterocycles. The standard InChI is InChI=1S/C12H13F/c1-9-8-11(6-7-12(9)13)10-4-2-3-5-10/h4,6-8H,2-3,5H2,1H3. The average Bonchev–Trinajstić information content (AvgIpc) is 2.62. The minimum absolute atomic E-state index is 0.109. The molecule has 1 aliphatic rings. The smallest absolute Gasteiger partial charge is 0.126 e. The summed E-state index contributed by atoms with van der Waals surface area (Å²) in [5, 5.41) is 0. The van der Waals surface area contributed by atoms with Gasteiger partial charge in [-0.1, -0.05) is 12.1 Å². The first kappa shape index (κ1) is 8.49. The summed E-state index contributed by atoms with van der Waals surface area (Å²) in [6, 6.07) is 5.37. The Morgan fingerprint density at radius 3 is 2.77 bits per heavy atom. The number of benzene rings is 1. The lowest BCUT2D eigenvalue weighted by molar-refractivity contribution is 0.618. The summed E-state index contributed by atoms with van der Waals surface area (Å²) in [4.78, 5) is 0. The third-order valence-electron chi connectivity index (χ3n) is 2.57. The van der Waals surface area contributed by atoms with Gasteiger partial charge in [-0.3, -0.25) is 0 Å². The predicted molar refractivity (Wildman–Crippen MR) is 53.0 cm³/mol. The van der Waals surface area contributed by atoms with Crippen LogP contribution in [-0.2, 0) is 0 Å². The quantitative estimate of drug-likeness (QED) is 0.612. The summed E-state index contributed by atoms with van der Waals surface area (Å²) in [6.45, 7) is 1.81. The van der Waals surface area contributed by atoms with Gasteiger partial charge < -0.3 is 0 Å². The van der Waals surface area contributed by atoms with Gasteiger partial charge in [-0.2, -0.15) is 0 Å². The van der Waals surface area contributed by atoms with Crippen molar-refractivity contribution in [2.45, 2.75) is 26.2 Å². The van der Waals surface area contributed by atoms with E-state index in [4.69, 9.17) is 0 Å². The molecular formula is C12H13F. The van der Waals surface area contributed by atoms with E-state index in [1.165, 1.54) is 24.0 Å². The van der Waals surface area contributed by atoms with Crippen LogP contribution in [0.15, 0.2) is 24.3 Å². The predicted octanol–water partition coefficient (Wildman–Crippen LogP) is 3.70. The van der Waals surface area contributed by atoms with Gasteiger partial charge in [0.2, 0.25) is 0 Å². The monoisotopic (exact) mass is 176 g/mol. The minimum atomic E-state index is -0.109. The van der Waals surface area contributed by atoms with Gasteiger partial charge in [0, 0.05) is 0 Å². The fourth-order valence-corrected chi connectivity index (χ4v) is 1.78. The second-order valence-electron chi connectivity index (χ2n) is 3.59. The van der Waals surface area contributed by atoms with Gasteiger partial charge in [0.15, 0.2) is 0 Å². The van der Waals surface area contributed by atoms with Crippen molar-refractivity contribution >= 4 is 5.57 Å². The van der Waals surface area contributed by atoms with Crippen LogP contribution in [0.1, 0.15) is 30.4 Å². The summed E-state index contributed by atoms with van der Waals surface area (Å²) in [6.07, 6.45) is 5.81. The lowest BCUT2D eigenvalue weighted by Gasteiger charge is -2.03. The SMILES string of the molecule is Cc1cc(C2=CCCC2)ccc1F. The molecule has 0 N–H and O–H groups in total. The van der Waals surface area contributed by atoms with Crippen LogP contribution in [0.25, 0.3) is 5.57 Å². The molecule has 1 aromatic carbocycles. The molecule has 0 bridgehead atoms.